The highest BCUT2D eigenvalue weighted by Crippen LogP contribution is 2.16. The number of benzene rings is 1. The predicted octanol–water partition coefficient (Wildman–Crippen LogP) is 1.37. The van der Waals surface area contributed by atoms with E-state index in [0.29, 0.717) is 23.8 Å². The van der Waals surface area contributed by atoms with Gasteiger partial charge in [0.15, 0.2) is 6.61 Å². The Hall–Kier alpha value is -1.99. The Bertz CT molecular complexity index is 585. The van der Waals surface area contributed by atoms with Crippen molar-refractivity contribution in [1.82, 2.24) is 10.2 Å². The van der Waals surface area contributed by atoms with Gasteiger partial charge in [-0.25, -0.2) is 0 Å². The predicted molar refractivity (Wildman–Crippen MR) is 78.0 cm³/mol. The molecule has 20 heavy (non-hydrogen) atoms. The lowest BCUT2D eigenvalue weighted by Gasteiger charge is -2.05. The van der Waals surface area contributed by atoms with Crippen molar-refractivity contribution in [3.63, 3.8) is 0 Å². The van der Waals surface area contributed by atoms with E-state index in [9.17, 15) is 4.79 Å². The van der Waals surface area contributed by atoms with E-state index < -0.39 is 0 Å². The van der Waals surface area contributed by atoms with E-state index in [1.54, 1.807) is 0 Å². The first-order chi connectivity index (χ1) is 9.67. The number of rotatable bonds is 6. The number of amides is 1. The number of anilines is 1. The molecule has 0 aliphatic carbocycles. The van der Waals surface area contributed by atoms with Gasteiger partial charge >= 0.3 is 0 Å². The van der Waals surface area contributed by atoms with Crippen LogP contribution in [0.2, 0.25) is 0 Å². The molecule has 6 nitrogen and oxygen atoms in total. The van der Waals surface area contributed by atoms with Crippen LogP contribution in [0.1, 0.15) is 10.6 Å². The number of ether oxygens (including phenoxy) is 1. The highest BCUT2D eigenvalue weighted by Gasteiger charge is 2.08. The van der Waals surface area contributed by atoms with Crippen molar-refractivity contribution in [1.29, 1.82) is 0 Å². The minimum absolute atomic E-state index is 0.0603. The first-order valence-corrected chi connectivity index (χ1v) is 7.01. The van der Waals surface area contributed by atoms with Gasteiger partial charge in [-0.1, -0.05) is 23.5 Å². The third-order valence-electron chi connectivity index (χ3n) is 2.43. The molecular formula is C13H16N4O2S. The van der Waals surface area contributed by atoms with Crippen molar-refractivity contribution < 1.29 is 9.53 Å². The van der Waals surface area contributed by atoms with Gasteiger partial charge < -0.3 is 10.5 Å². The molecule has 2 rings (SSSR count). The summed E-state index contributed by atoms with van der Waals surface area (Å²) in [5.41, 5.74) is 6.51. The molecule has 106 valence electrons. The standard InChI is InChI=1S/C13H16N4O2S/c1-9-3-2-4-10(7-9)19-8-11(18)15-13-17-16-12(20-13)5-6-14/h2-4,7H,5-6,8,14H2,1H3,(H,15,17,18). The van der Waals surface area contributed by atoms with Crippen LogP contribution in [0.4, 0.5) is 5.13 Å². The summed E-state index contributed by atoms with van der Waals surface area (Å²) in [6, 6.07) is 7.53. The lowest BCUT2D eigenvalue weighted by atomic mass is 10.2. The monoisotopic (exact) mass is 292 g/mol. The zero-order valence-electron chi connectivity index (χ0n) is 11.1. The second-order valence-corrected chi connectivity index (χ2v) is 5.26. The number of nitrogens with zero attached hydrogens (tertiary/aromatic N) is 2. The number of nitrogens with two attached hydrogens (primary N) is 1. The van der Waals surface area contributed by atoms with Crippen LogP contribution in [0.15, 0.2) is 24.3 Å². The lowest BCUT2D eigenvalue weighted by molar-refractivity contribution is -0.118. The largest absolute Gasteiger partial charge is 0.484 e. The van der Waals surface area contributed by atoms with Crippen molar-refractivity contribution in [2.75, 3.05) is 18.5 Å². The topological polar surface area (TPSA) is 90.1 Å². The number of nitrogens with one attached hydrogen (secondary N) is 1. The van der Waals surface area contributed by atoms with Gasteiger partial charge in [0, 0.05) is 6.42 Å². The zero-order valence-corrected chi connectivity index (χ0v) is 11.9. The fourth-order valence-corrected chi connectivity index (χ4v) is 2.31. The lowest BCUT2D eigenvalue weighted by Crippen LogP contribution is -2.20. The van der Waals surface area contributed by atoms with Gasteiger partial charge in [0.05, 0.1) is 0 Å². The second kappa shape index (κ2) is 6.97. The Morgan fingerprint density at radius 3 is 3.05 bits per heavy atom. The molecule has 1 amide bonds. The highest BCUT2D eigenvalue weighted by atomic mass is 32.1. The van der Waals surface area contributed by atoms with Gasteiger partial charge in [-0.2, -0.15) is 0 Å². The number of carbonyl (C=O) groups excluding carboxylic acids is 1. The van der Waals surface area contributed by atoms with Gasteiger partial charge in [-0.15, -0.1) is 10.2 Å². The number of carbonyl (C=O) groups is 1. The van der Waals surface area contributed by atoms with Crippen molar-refractivity contribution in [2.45, 2.75) is 13.3 Å². The Balaban J connectivity index is 1.82. The van der Waals surface area contributed by atoms with E-state index in [4.69, 9.17) is 10.5 Å². The van der Waals surface area contributed by atoms with E-state index in [-0.39, 0.29) is 12.5 Å². The molecule has 2 aromatic rings. The first kappa shape index (κ1) is 14.4. The van der Waals surface area contributed by atoms with Gasteiger partial charge in [0.25, 0.3) is 5.91 Å². The molecule has 0 spiro atoms. The molecule has 0 aliphatic heterocycles. The van der Waals surface area contributed by atoms with E-state index in [1.165, 1.54) is 11.3 Å². The summed E-state index contributed by atoms with van der Waals surface area (Å²) in [7, 11) is 0. The van der Waals surface area contributed by atoms with Gasteiger partial charge in [0.1, 0.15) is 10.8 Å². The summed E-state index contributed by atoms with van der Waals surface area (Å²) in [6.45, 7) is 2.42. The Kier molecular flexibility index (Phi) is 5.03. The summed E-state index contributed by atoms with van der Waals surface area (Å²) in [5, 5.41) is 11.7. The molecular weight excluding hydrogens is 276 g/mol. The van der Waals surface area contributed by atoms with E-state index in [1.807, 2.05) is 31.2 Å². The minimum atomic E-state index is -0.262. The maximum Gasteiger partial charge on any atom is 0.264 e. The summed E-state index contributed by atoms with van der Waals surface area (Å²) in [6.07, 6.45) is 0.660. The van der Waals surface area contributed by atoms with Crippen LogP contribution in [-0.2, 0) is 11.2 Å². The van der Waals surface area contributed by atoms with E-state index >= 15 is 0 Å². The Labute approximate surface area is 121 Å². The minimum Gasteiger partial charge on any atom is -0.484 e. The van der Waals surface area contributed by atoms with Crippen LogP contribution in [-0.4, -0.2) is 29.3 Å². The maximum absolute atomic E-state index is 11.7. The quantitative estimate of drug-likeness (QED) is 0.839. The summed E-state index contributed by atoms with van der Waals surface area (Å²) in [4.78, 5) is 11.7. The van der Waals surface area contributed by atoms with E-state index in [2.05, 4.69) is 15.5 Å². The molecule has 0 aliphatic rings. The van der Waals surface area contributed by atoms with Crippen molar-refractivity contribution in [3.05, 3.63) is 34.8 Å². The number of hydrogen-bond donors (Lipinski definition) is 2. The molecule has 0 bridgehead atoms. The molecule has 0 radical (unpaired) electrons. The molecule has 1 aromatic carbocycles. The molecule has 1 heterocycles. The van der Waals surface area contributed by atoms with Crippen LogP contribution in [0.5, 0.6) is 5.75 Å². The average Bonchev–Trinajstić information content (AvgIpc) is 2.84. The summed E-state index contributed by atoms with van der Waals surface area (Å²) < 4.78 is 5.40. The molecule has 7 heteroatoms. The normalized spacial score (nSPS) is 10.3. The number of aryl methyl sites for hydroxylation is 1. The smallest absolute Gasteiger partial charge is 0.264 e. The number of hydrogen-bond acceptors (Lipinski definition) is 6. The first-order valence-electron chi connectivity index (χ1n) is 6.19. The molecule has 0 unspecified atom stereocenters. The van der Waals surface area contributed by atoms with Gasteiger partial charge in [-0.3, -0.25) is 10.1 Å². The van der Waals surface area contributed by atoms with E-state index in [0.717, 1.165) is 10.6 Å². The van der Waals surface area contributed by atoms with Crippen LogP contribution < -0.4 is 15.8 Å². The molecule has 3 N–H and O–H groups in total. The molecule has 0 saturated heterocycles. The zero-order chi connectivity index (χ0) is 14.4. The third kappa shape index (κ3) is 4.29. The highest BCUT2D eigenvalue weighted by molar-refractivity contribution is 7.15. The van der Waals surface area contributed by atoms with Crippen molar-refractivity contribution in [3.8, 4) is 5.75 Å². The fraction of sp³-hybridized carbons (Fsp3) is 0.308. The molecule has 0 fully saturated rings. The van der Waals surface area contributed by atoms with Crippen LogP contribution >= 0.6 is 11.3 Å². The van der Waals surface area contributed by atoms with Crippen LogP contribution in [0.3, 0.4) is 0 Å². The Morgan fingerprint density at radius 2 is 2.30 bits per heavy atom. The molecule has 0 saturated carbocycles. The van der Waals surface area contributed by atoms with Crippen LogP contribution in [0, 0.1) is 6.92 Å². The summed E-state index contributed by atoms with van der Waals surface area (Å²) in [5.74, 6) is 0.406. The van der Waals surface area contributed by atoms with Gasteiger partial charge in [0.2, 0.25) is 5.13 Å². The third-order valence-corrected chi connectivity index (χ3v) is 3.33. The molecule has 0 atom stereocenters. The fourth-order valence-electron chi connectivity index (χ4n) is 1.54. The summed E-state index contributed by atoms with van der Waals surface area (Å²) >= 11 is 1.32. The SMILES string of the molecule is Cc1cccc(OCC(=O)Nc2nnc(CCN)s2)c1. The number of aromatic nitrogens is 2. The second-order valence-electron chi connectivity index (χ2n) is 4.19. The van der Waals surface area contributed by atoms with Crippen molar-refractivity contribution in [2.24, 2.45) is 5.73 Å². The Morgan fingerprint density at radius 1 is 1.45 bits per heavy atom. The van der Waals surface area contributed by atoms with Crippen molar-refractivity contribution >= 4 is 22.4 Å². The van der Waals surface area contributed by atoms with Crippen LogP contribution in [0.25, 0.3) is 0 Å². The maximum atomic E-state index is 11.7. The molecule has 1 aromatic heterocycles. The average molecular weight is 292 g/mol. The van der Waals surface area contributed by atoms with Gasteiger partial charge in [-0.05, 0) is 31.2 Å².